The molecule has 1 aliphatic carbocycles. The Morgan fingerprint density at radius 3 is 2.30 bits per heavy atom. The summed E-state index contributed by atoms with van der Waals surface area (Å²) in [5, 5.41) is 2.69. The van der Waals surface area contributed by atoms with E-state index in [4.69, 9.17) is 9.47 Å². The van der Waals surface area contributed by atoms with Gasteiger partial charge in [0.15, 0.2) is 0 Å². The van der Waals surface area contributed by atoms with E-state index in [1.54, 1.807) is 12.4 Å². The summed E-state index contributed by atoms with van der Waals surface area (Å²) in [7, 11) is -2.93. The molecular weight excluding hydrogens is 839 g/mol. The van der Waals surface area contributed by atoms with Crippen LogP contribution >= 0.6 is 0 Å². The summed E-state index contributed by atoms with van der Waals surface area (Å²) in [4.78, 5) is 70.7. The predicted octanol–water partition coefficient (Wildman–Crippen LogP) is 5.13. The molecule has 2 fully saturated rings. The third-order valence-corrected chi connectivity index (χ3v) is 12.7. The van der Waals surface area contributed by atoms with Crippen LogP contribution in [0.15, 0.2) is 100 Å². The monoisotopic (exact) mass is 880 g/mol. The molecule has 2 aliphatic rings. The number of nitrogens with one attached hydrogen (secondary N) is 2. The van der Waals surface area contributed by atoms with Gasteiger partial charge in [0.1, 0.15) is 29.6 Å². The summed E-state index contributed by atoms with van der Waals surface area (Å²) in [6, 6.07) is 9.73. The van der Waals surface area contributed by atoms with E-state index in [2.05, 4.69) is 25.3 Å². The topological polar surface area (TPSA) is 206 Å². The molecular formula is C44H42F2N8O8S. The van der Waals surface area contributed by atoms with E-state index in [1.165, 1.54) is 72.7 Å². The summed E-state index contributed by atoms with van der Waals surface area (Å²) in [6.07, 6.45) is 12.3. The van der Waals surface area contributed by atoms with Gasteiger partial charge in [0.25, 0.3) is 21.5 Å². The van der Waals surface area contributed by atoms with Crippen LogP contribution in [0, 0.1) is 11.6 Å². The highest BCUT2D eigenvalue weighted by Gasteiger charge is 2.30. The Labute approximate surface area is 359 Å². The van der Waals surface area contributed by atoms with Gasteiger partial charge in [-0.2, -0.15) is 0 Å². The van der Waals surface area contributed by atoms with Crippen molar-refractivity contribution in [2.45, 2.75) is 74.3 Å². The molecule has 6 aromatic rings. The summed E-state index contributed by atoms with van der Waals surface area (Å²) in [6.45, 7) is 1.30. The van der Waals surface area contributed by atoms with Gasteiger partial charge in [0, 0.05) is 68.5 Å². The zero-order valence-electron chi connectivity index (χ0n) is 34.0. The number of rotatable bonds is 12. The lowest BCUT2D eigenvalue weighted by molar-refractivity contribution is -0.152. The van der Waals surface area contributed by atoms with Crippen LogP contribution < -0.4 is 21.3 Å². The first kappa shape index (κ1) is 42.9. The van der Waals surface area contributed by atoms with Crippen molar-refractivity contribution in [2.24, 2.45) is 7.05 Å². The number of benzene rings is 2. The van der Waals surface area contributed by atoms with Gasteiger partial charge in [-0.25, -0.2) is 41.3 Å². The first-order chi connectivity index (χ1) is 30.4. The molecule has 16 nitrogen and oxygen atoms in total. The van der Waals surface area contributed by atoms with Gasteiger partial charge in [-0.3, -0.25) is 28.8 Å². The largest absolute Gasteiger partial charge is 0.461 e. The Kier molecular flexibility index (Phi) is 12.5. The first-order valence-corrected chi connectivity index (χ1v) is 21.9. The van der Waals surface area contributed by atoms with E-state index in [0.29, 0.717) is 60.7 Å². The Morgan fingerprint density at radius 2 is 1.60 bits per heavy atom. The van der Waals surface area contributed by atoms with Crippen molar-refractivity contribution < 1.29 is 36.3 Å². The Bertz CT molecular complexity index is 2900. The second-order valence-corrected chi connectivity index (χ2v) is 17.2. The lowest BCUT2D eigenvalue weighted by Gasteiger charge is -2.25. The van der Waals surface area contributed by atoms with Crippen LogP contribution in [0.3, 0.4) is 0 Å². The lowest BCUT2D eigenvalue weighted by Crippen LogP contribution is -2.45. The maximum absolute atomic E-state index is 15.6. The molecule has 0 bridgehead atoms. The molecule has 0 radical (unpaired) electrons. The molecule has 1 atom stereocenters. The Balaban J connectivity index is 0.977. The van der Waals surface area contributed by atoms with Gasteiger partial charge < -0.3 is 14.8 Å². The fraction of sp³-hybridized carbons (Fsp3) is 0.318. The number of halogens is 2. The van der Waals surface area contributed by atoms with Crippen LogP contribution in [0.4, 0.5) is 14.5 Å². The predicted molar refractivity (Wildman–Crippen MR) is 226 cm³/mol. The zero-order valence-corrected chi connectivity index (χ0v) is 34.8. The number of esters is 1. The van der Waals surface area contributed by atoms with E-state index < -0.39 is 68.2 Å². The van der Waals surface area contributed by atoms with E-state index in [0.717, 1.165) is 36.7 Å². The highest BCUT2D eigenvalue weighted by molar-refractivity contribution is 7.92. The average Bonchev–Trinajstić information content (AvgIpc) is 3.30. The average molecular weight is 881 g/mol. The molecule has 8 rings (SSSR count). The molecule has 63 heavy (non-hydrogen) atoms. The summed E-state index contributed by atoms with van der Waals surface area (Å²) in [5.74, 6) is -3.61. The first-order valence-electron chi connectivity index (χ1n) is 20.4. The van der Waals surface area contributed by atoms with Crippen molar-refractivity contribution in [2.75, 3.05) is 17.9 Å². The minimum atomic E-state index is -4.43. The van der Waals surface area contributed by atoms with Crippen LogP contribution in [0.5, 0.6) is 0 Å². The number of amides is 1. The fourth-order valence-corrected chi connectivity index (χ4v) is 8.80. The van der Waals surface area contributed by atoms with Crippen LogP contribution in [0.2, 0.25) is 0 Å². The van der Waals surface area contributed by atoms with Crippen molar-refractivity contribution >= 4 is 38.5 Å². The van der Waals surface area contributed by atoms with Crippen molar-refractivity contribution in [3.05, 3.63) is 135 Å². The van der Waals surface area contributed by atoms with Crippen LogP contribution in [0.25, 0.3) is 27.7 Å². The molecule has 19 heteroatoms. The van der Waals surface area contributed by atoms with Gasteiger partial charge in [0.2, 0.25) is 0 Å². The van der Waals surface area contributed by atoms with Crippen molar-refractivity contribution in [1.29, 1.82) is 0 Å². The highest BCUT2D eigenvalue weighted by Crippen LogP contribution is 2.28. The lowest BCUT2D eigenvalue weighted by atomic mass is 9.97. The Hall–Kier alpha value is -6.73. The molecule has 4 aromatic heterocycles. The van der Waals surface area contributed by atoms with Crippen molar-refractivity contribution in [3.63, 3.8) is 0 Å². The van der Waals surface area contributed by atoms with Gasteiger partial charge in [-0.05, 0) is 80.5 Å². The molecule has 326 valence electrons. The van der Waals surface area contributed by atoms with Gasteiger partial charge in [-0.15, -0.1) is 0 Å². The standard InChI is InChI=1S/C44H42F2N8O8S/c1-53-39-25-47-16-13-33(39)42(56)54(44(53)58)30-10-9-29(48-24-30)19-38(43(57)62-31-5-3-2-4-6-31)51-41(55)34-20-36(46)37(21-35(34)45)52-63(59,60)32-11-7-26(8-12-32)28-22-49-40(50-23-28)27-14-17-61-18-15-27/h7-13,16,20-25,27,31,38,52H,2-6,14-15,17-19H2,1H3,(H,51,55)/t38-/m0/s1. The second-order valence-electron chi connectivity index (χ2n) is 15.5. The van der Waals surface area contributed by atoms with E-state index >= 15 is 8.78 Å². The molecule has 0 unspecified atom stereocenters. The number of carbonyl (C=O) groups is 2. The third-order valence-electron chi connectivity index (χ3n) is 11.3. The van der Waals surface area contributed by atoms with Crippen molar-refractivity contribution in [1.82, 2.24) is 34.4 Å². The zero-order chi connectivity index (χ0) is 44.3. The normalized spacial score (nSPS) is 15.5. The van der Waals surface area contributed by atoms with Crippen LogP contribution in [-0.2, 0) is 37.8 Å². The molecule has 2 aromatic carbocycles. The van der Waals surface area contributed by atoms with Gasteiger partial charge in [-0.1, -0.05) is 18.6 Å². The summed E-state index contributed by atoms with van der Waals surface area (Å²) >= 11 is 0. The molecule has 2 N–H and O–H groups in total. The highest BCUT2D eigenvalue weighted by atomic mass is 32.2. The summed E-state index contributed by atoms with van der Waals surface area (Å²) < 4.78 is 73.2. The van der Waals surface area contributed by atoms with Gasteiger partial charge >= 0.3 is 11.7 Å². The molecule has 1 saturated heterocycles. The number of hydrogen-bond donors (Lipinski definition) is 2. The molecule has 1 amide bonds. The maximum Gasteiger partial charge on any atom is 0.335 e. The molecule has 5 heterocycles. The number of aryl methyl sites for hydroxylation is 1. The Morgan fingerprint density at radius 1 is 0.873 bits per heavy atom. The minimum Gasteiger partial charge on any atom is -0.461 e. The van der Waals surface area contributed by atoms with Crippen molar-refractivity contribution in [3.8, 4) is 16.8 Å². The second kappa shape index (κ2) is 18.3. The number of pyridine rings is 2. The number of anilines is 1. The third kappa shape index (κ3) is 9.39. The SMILES string of the molecule is Cn1c(=O)n(-c2ccc(C[C@H](NC(=O)c3cc(F)c(NS(=O)(=O)c4ccc(-c5cnc(C6CCOCC6)nc5)cc4)cc3F)C(=O)OC3CCCCC3)nc2)c(=O)c2ccncc21. The van der Waals surface area contributed by atoms with Gasteiger partial charge in [0.05, 0.1) is 45.1 Å². The summed E-state index contributed by atoms with van der Waals surface area (Å²) in [5.41, 5.74) is -0.768. The molecule has 1 saturated carbocycles. The van der Waals surface area contributed by atoms with E-state index in [1.807, 2.05) is 4.72 Å². The smallest absolute Gasteiger partial charge is 0.335 e. The fourth-order valence-electron chi connectivity index (χ4n) is 7.74. The number of hydrogen-bond acceptors (Lipinski definition) is 12. The number of carbonyl (C=O) groups excluding carboxylic acids is 2. The molecule has 1 aliphatic heterocycles. The number of nitrogens with zero attached hydrogens (tertiary/aromatic N) is 6. The molecule has 0 spiro atoms. The number of aromatic nitrogens is 6. The minimum absolute atomic E-state index is 0.140. The van der Waals surface area contributed by atoms with Crippen LogP contribution in [0.1, 0.15) is 72.7 Å². The maximum atomic E-state index is 15.6. The van der Waals surface area contributed by atoms with E-state index in [9.17, 15) is 27.6 Å². The number of ether oxygens (including phenoxy) is 2. The number of fused-ring (bicyclic) bond motifs is 1. The van der Waals surface area contributed by atoms with E-state index in [-0.39, 0.29) is 34.0 Å². The quantitative estimate of drug-likeness (QED) is 0.154. The van der Waals surface area contributed by atoms with Crippen LogP contribution in [-0.4, -0.2) is 74.7 Å². The number of sulfonamides is 1.